The lowest BCUT2D eigenvalue weighted by Crippen LogP contribution is -2.23. The summed E-state index contributed by atoms with van der Waals surface area (Å²) in [6.45, 7) is 1.96. The SMILES string of the molecule is Cc1c(C(=O)NCc2nnc(-c3nccc4ccccc34)o2)cnn1C. The molecular weight excluding hydrogens is 332 g/mol. The van der Waals surface area contributed by atoms with Crippen LogP contribution in [0.3, 0.4) is 0 Å². The van der Waals surface area contributed by atoms with Gasteiger partial charge >= 0.3 is 0 Å². The summed E-state index contributed by atoms with van der Waals surface area (Å²) in [6, 6.07) is 9.76. The average Bonchev–Trinajstić information content (AvgIpc) is 3.27. The predicted molar refractivity (Wildman–Crippen MR) is 94.2 cm³/mol. The summed E-state index contributed by atoms with van der Waals surface area (Å²) in [4.78, 5) is 16.6. The first-order chi connectivity index (χ1) is 12.6. The zero-order chi connectivity index (χ0) is 18.1. The third-order valence-electron chi connectivity index (χ3n) is 4.22. The number of hydrogen-bond acceptors (Lipinski definition) is 6. The Balaban J connectivity index is 1.53. The van der Waals surface area contributed by atoms with Gasteiger partial charge in [0.25, 0.3) is 11.8 Å². The molecule has 8 nitrogen and oxygen atoms in total. The van der Waals surface area contributed by atoms with Crippen molar-refractivity contribution in [3.63, 3.8) is 0 Å². The van der Waals surface area contributed by atoms with E-state index in [4.69, 9.17) is 4.42 Å². The van der Waals surface area contributed by atoms with E-state index in [9.17, 15) is 4.79 Å². The van der Waals surface area contributed by atoms with E-state index in [1.54, 1.807) is 17.9 Å². The molecular formula is C18H16N6O2. The molecule has 4 aromatic rings. The van der Waals surface area contributed by atoms with Crippen LogP contribution >= 0.6 is 0 Å². The first kappa shape index (κ1) is 15.9. The summed E-state index contributed by atoms with van der Waals surface area (Å²) >= 11 is 0. The van der Waals surface area contributed by atoms with E-state index in [1.807, 2.05) is 37.3 Å². The molecule has 4 rings (SSSR count). The standard InChI is InChI=1S/C18H16N6O2/c1-11-14(9-21-24(11)2)17(25)20-10-15-22-23-18(26-15)16-13-6-4-3-5-12(13)7-8-19-16/h3-9H,10H2,1-2H3,(H,20,25). The predicted octanol–water partition coefficient (Wildman–Crippen LogP) is 2.26. The van der Waals surface area contributed by atoms with Gasteiger partial charge in [0.2, 0.25) is 5.89 Å². The number of amides is 1. The molecule has 130 valence electrons. The highest BCUT2D eigenvalue weighted by atomic mass is 16.4. The molecule has 3 aromatic heterocycles. The number of benzene rings is 1. The number of carbonyl (C=O) groups excluding carboxylic acids is 1. The van der Waals surface area contributed by atoms with Gasteiger partial charge in [0.1, 0.15) is 5.69 Å². The fourth-order valence-electron chi connectivity index (χ4n) is 2.68. The number of carbonyl (C=O) groups is 1. The van der Waals surface area contributed by atoms with Crippen molar-refractivity contribution >= 4 is 16.7 Å². The zero-order valence-corrected chi connectivity index (χ0v) is 14.3. The lowest BCUT2D eigenvalue weighted by Gasteiger charge is -2.02. The first-order valence-corrected chi connectivity index (χ1v) is 8.07. The minimum absolute atomic E-state index is 0.130. The average molecular weight is 348 g/mol. The summed E-state index contributed by atoms with van der Waals surface area (Å²) in [5.41, 5.74) is 1.92. The molecule has 8 heteroatoms. The number of fused-ring (bicyclic) bond motifs is 1. The molecule has 0 radical (unpaired) electrons. The van der Waals surface area contributed by atoms with Gasteiger partial charge in [-0.1, -0.05) is 24.3 Å². The van der Waals surface area contributed by atoms with E-state index >= 15 is 0 Å². The molecule has 0 spiro atoms. The van der Waals surface area contributed by atoms with E-state index in [-0.39, 0.29) is 12.5 Å². The minimum atomic E-state index is -0.237. The topological polar surface area (TPSA) is 98.7 Å². The quantitative estimate of drug-likeness (QED) is 0.607. The van der Waals surface area contributed by atoms with Crippen molar-refractivity contribution in [3.8, 4) is 11.6 Å². The molecule has 0 saturated heterocycles. The second kappa shape index (κ2) is 6.40. The molecule has 0 aliphatic carbocycles. The van der Waals surface area contributed by atoms with Crippen LogP contribution in [0.15, 0.2) is 47.1 Å². The number of pyridine rings is 1. The third kappa shape index (κ3) is 2.81. The first-order valence-electron chi connectivity index (χ1n) is 8.07. The molecule has 26 heavy (non-hydrogen) atoms. The molecule has 0 fully saturated rings. The van der Waals surface area contributed by atoms with Crippen molar-refractivity contribution in [2.45, 2.75) is 13.5 Å². The number of rotatable bonds is 4. The second-order valence-electron chi connectivity index (χ2n) is 5.83. The number of aromatic nitrogens is 5. The van der Waals surface area contributed by atoms with Gasteiger partial charge in [-0.2, -0.15) is 5.10 Å². The summed E-state index contributed by atoms with van der Waals surface area (Å²) in [5, 5.41) is 16.9. The van der Waals surface area contributed by atoms with Crippen molar-refractivity contribution < 1.29 is 9.21 Å². The Bertz CT molecular complexity index is 1090. The maximum absolute atomic E-state index is 12.2. The number of hydrogen-bond donors (Lipinski definition) is 1. The van der Waals surface area contributed by atoms with E-state index in [1.165, 1.54) is 6.20 Å². The van der Waals surface area contributed by atoms with Gasteiger partial charge in [-0.3, -0.25) is 14.5 Å². The maximum Gasteiger partial charge on any atom is 0.266 e. The number of nitrogens with zero attached hydrogens (tertiary/aromatic N) is 5. The zero-order valence-electron chi connectivity index (χ0n) is 14.3. The Hall–Kier alpha value is -3.55. The lowest BCUT2D eigenvalue weighted by molar-refractivity contribution is 0.0946. The number of aryl methyl sites for hydroxylation is 1. The van der Waals surface area contributed by atoms with Crippen LogP contribution in [0.25, 0.3) is 22.4 Å². The smallest absolute Gasteiger partial charge is 0.266 e. The number of nitrogens with one attached hydrogen (secondary N) is 1. The van der Waals surface area contributed by atoms with Crippen LogP contribution in [0.2, 0.25) is 0 Å². The van der Waals surface area contributed by atoms with E-state index in [0.29, 0.717) is 23.0 Å². The molecule has 0 unspecified atom stereocenters. The van der Waals surface area contributed by atoms with Crippen LogP contribution in [-0.2, 0) is 13.6 Å². The Morgan fingerprint density at radius 1 is 1.23 bits per heavy atom. The highest BCUT2D eigenvalue weighted by molar-refractivity contribution is 5.95. The summed E-state index contributed by atoms with van der Waals surface area (Å²) in [6.07, 6.45) is 3.23. The Morgan fingerprint density at radius 2 is 2.08 bits per heavy atom. The molecule has 0 bridgehead atoms. The highest BCUT2D eigenvalue weighted by Gasteiger charge is 2.16. The summed E-state index contributed by atoms with van der Waals surface area (Å²) in [5.74, 6) is 0.395. The van der Waals surface area contributed by atoms with Crippen molar-refractivity contribution in [2.24, 2.45) is 7.05 Å². The molecule has 1 N–H and O–H groups in total. The highest BCUT2D eigenvalue weighted by Crippen LogP contribution is 2.25. The summed E-state index contributed by atoms with van der Waals surface area (Å²) in [7, 11) is 1.79. The van der Waals surface area contributed by atoms with Gasteiger partial charge in [-0.25, -0.2) is 0 Å². The van der Waals surface area contributed by atoms with Crippen molar-refractivity contribution in [2.75, 3.05) is 0 Å². The van der Waals surface area contributed by atoms with Gasteiger partial charge in [-0.05, 0) is 18.4 Å². The van der Waals surface area contributed by atoms with E-state index in [2.05, 4.69) is 25.6 Å². The monoisotopic (exact) mass is 348 g/mol. The molecule has 0 aliphatic heterocycles. The van der Waals surface area contributed by atoms with Crippen molar-refractivity contribution in [1.29, 1.82) is 0 Å². The van der Waals surface area contributed by atoms with Gasteiger partial charge in [0.15, 0.2) is 0 Å². The van der Waals surface area contributed by atoms with Crippen molar-refractivity contribution in [1.82, 2.24) is 30.3 Å². The molecule has 1 aromatic carbocycles. The van der Waals surface area contributed by atoms with Gasteiger partial charge < -0.3 is 9.73 Å². The van der Waals surface area contributed by atoms with Gasteiger partial charge in [-0.15, -0.1) is 10.2 Å². The van der Waals surface area contributed by atoms with Crippen LogP contribution < -0.4 is 5.32 Å². The van der Waals surface area contributed by atoms with Crippen LogP contribution in [0.5, 0.6) is 0 Å². The molecule has 3 heterocycles. The second-order valence-corrected chi connectivity index (χ2v) is 5.83. The molecule has 1 amide bonds. The molecule has 0 atom stereocenters. The third-order valence-corrected chi connectivity index (χ3v) is 4.22. The van der Waals surface area contributed by atoms with Gasteiger partial charge in [0.05, 0.1) is 18.3 Å². The van der Waals surface area contributed by atoms with Crippen LogP contribution in [0, 0.1) is 6.92 Å². The van der Waals surface area contributed by atoms with Crippen LogP contribution in [0.1, 0.15) is 21.9 Å². The van der Waals surface area contributed by atoms with E-state index < -0.39 is 0 Å². The summed E-state index contributed by atoms with van der Waals surface area (Å²) < 4.78 is 7.32. The van der Waals surface area contributed by atoms with Crippen LogP contribution in [-0.4, -0.2) is 30.9 Å². The lowest BCUT2D eigenvalue weighted by atomic mass is 10.1. The Kier molecular flexibility index (Phi) is 3.92. The maximum atomic E-state index is 12.2. The Labute approximate surface area is 148 Å². The van der Waals surface area contributed by atoms with Gasteiger partial charge in [0, 0.05) is 24.3 Å². The molecule has 0 aliphatic rings. The van der Waals surface area contributed by atoms with Crippen molar-refractivity contribution in [3.05, 3.63) is 59.9 Å². The Morgan fingerprint density at radius 3 is 2.88 bits per heavy atom. The fraction of sp³-hybridized carbons (Fsp3) is 0.167. The van der Waals surface area contributed by atoms with Crippen LogP contribution in [0.4, 0.5) is 0 Å². The minimum Gasteiger partial charge on any atom is -0.417 e. The fourth-order valence-corrected chi connectivity index (χ4v) is 2.68. The van der Waals surface area contributed by atoms with E-state index in [0.717, 1.165) is 16.5 Å². The largest absolute Gasteiger partial charge is 0.417 e. The molecule has 0 saturated carbocycles. The normalized spacial score (nSPS) is 11.0.